The molecule has 0 aliphatic rings. The van der Waals surface area contributed by atoms with Crippen LogP contribution >= 0.6 is 0 Å². The monoisotopic (exact) mass is 315 g/mol. The van der Waals surface area contributed by atoms with E-state index < -0.39 is 6.10 Å². The largest absolute Gasteiger partial charge is 0.497 e. The first-order valence-electron chi connectivity index (χ1n) is 7.36. The lowest BCUT2D eigenvalue weighted by Crippen LogP contribution is -2.20. The molecule has 0 aliphatic heterocycles. The predicted molar refractivity (Wildman–Crippen MR) is 85.8 cm³/mol. The molecule has 23 heavy (non-hydrogen) atoms. The highest BCUT2D eigenvalue weighted by Gasteiger charge is 2.09. The van der Waals surface area contributed by atoms with Crippen LogP contribution in [0.15, 0.2) is 52.9 Å². The van der Waals surface area contributed by atoms with E-state index in [1.165, 1.54) is 12.1 Å². The predicted octanol–water partition coefficient (Wildman–Crippen LogP) is 3.40. The molecular weight excluding hydrogens is 297 g/mol. The molecule has 0 bridgehead atoms. The highest BCUT2D eigenvalue weighted by molar-refractivity contribution is 5.77. The summed E-state index contributed by atoms with van der Waals surface area (Å²) in [7, 11) is 1.60. The standard InChI is InChI=1S/C18H18FNO3/c1-22-15-5-2-12(3-6-15)17(21)11-20-10-16-9-13-8-14(19)4-7-18(13)23-16/h2-9,17,20-21H,10-11H2,1H3. The summed E-state index contributed by atoms with van der Waals surface area (Å²) in [6, 6.07) is 13.5. The van der Waals surface area contributed by atoms with Crippen molar-refractivity contribution in [1.29, 1.82) is 0 Å². The zero-order chi connectivity index (χ0) is 16.2. The number of rotatable bonds is 6. The zero-order valence-electron chi connectivity index (χ0n) is 12.8. The Morgan fingerprint density at radius 1 is 1.17 bits per heavy atom. The fraction of sp³-hybridized carbons (Fsp3) is 0.222. The molecule has 0 fully saturated rings. The molecule has 0 saturated carbocycles. The minimum Gasteiger partial charge on any atom is -0.497 e. The average molecular weight is 315 g/mol. The van der Waals surface area contributed by atoms with Gasteiger partial charge in [-0.15, -0.1) is 0 Å². The van der Waals surface area contributed by atoms with Crippen molar-refractivity contribution < 1.29 is 18.7 Å². The third-order valence-electron chi connectivity index (χ3n) is 3.67. The van der Waals surface area contributed by atoms with Crippen molar-refractivity contribution >= 4 is 11.0 Å². The Bertz CT molecular complexity index is 783. The van der Waals surface area contributed by atoms with E-state index in [4.69, 9.17) is 9.15 Å². The van der Waals surface area contributed by atoms with Crippen LogP contribution in [-0.2, 0) is 6.54 Å². The average Bonchev–Trinajstić information content (AvgIpc) is 2.96. The summed E-state index contributed by atoms with van der Waals surface area (Å²) in [4.78, 5) is 0. The minimum atomic E-state index is -0.622. The molecule has 2 N–H and O–H groups in total. The number of ether oxygens (including phenoxy) is 1. The number of halogens is 1. The van der Waals surface area contributed by atoms with Gasteiger partial charge in [0, 0.05) is 11.9 Å². The van der Waals surface area contributed by atoms with Crippen molar-refractivity contribution in [3.63, 3.8) is 0 Å². The number of nitrogens with one attached hydrogen (secondary N) is 1. The van der Waals surface area contributed by atoms with E-state index in [1.807, 2.05) is 24.3 Å². The summed E-state index contributed by atoms with van der Waals surface area (Å²) in [5, 5.41) is 14.0. The van der Waals surface area contributed by atoms with Crippen LogP contribution in [0.5, 0.6) is 5.75 Å². The van der Waals surface area contributed by atoms with E-state index in [0.29, 0.717) is 24.4 Å². The first-order valence-corrected chi connectivity index (χ1v) is 7.36. The smallest absolute Gasteiger partial charge is 0.134 e. The lowest BCUT2D eigenvalue weighted by molar-refractivity contribution is 0.173. The van der Waals surface area contributed by atoms with Crippen molar-refractivity contribution in [2.75, 3.05) is 13.7 Å². The first-order chi connectivity index (χ1) is 11.2. The number of methoxy groups -OCH3 is 1. The van der Waals surface area contributed by atoms with Crippen LogP contribution in [-0.4, -0.2) is 18.8 Å². The molecule has 1 atom stereocenters. The van der Waals surface area contributed by atoms with Gasteiger partial charge < -0.3 is 19.6 Å². The molecule has 0 radical (unpaired) electrons. The van der Waals surface area contributed by atoms with E-state index in [1.54, 1.807) is 19.2 Å². The lowest BCUT2D eigenvalue weighted by atomic mass is 10.1. The second-order valence-electron chi connectivity index (χ2n) is 5.31. The molecular formula is C18H18FNO3. The molecule has 2 aromatic carbocycles. The Morgan fingerprint density at radius 3 is 2.70 bits per heavy atom. The third-order valence-corrected chi connectivity index (χ3v) is 3.67. The Morgan fingerprint density at radius 2 is 1.96 bits per heavy atom. The first kappa shape index (κ1) is 15.5. The fourth-order valence-electron chi connectivity index (χ4n) is 2.43. The van der Waals surface area contributed by atoms with Crippen LogP contribution in [0.2, 0.25) is 0 Å². The van der Waals surface area contributed by atoms with Crippen molar-refractivity contribution in [3.8, 4) is 5.75 Å². The number of furan rings is 1. The van der Waals surface area contributed by atoms with Gasteiger partial charge in [-0.05, 0) is 42.0 Å². The van der Waals surface area contributed by atoms with E-state index in [9.17, 15) is 9.50 Å². The molecule has 120 valence electrons. The van der Waals surface area contributed by atoms with Crippen LogP contribution in [0.25, 0.3) is 11.0 Å². The van der Waals surface area contributed by atoms with Crippen molar-refractivity contribution in [1.82, 2.24) is 5.32 Å². The summed E-state index contributed by atoms with van der Waals surface area (Å²) < 4.78 is 23.8. The van der Waals surface area contributed by atoms with Gasteiger partial charge in [-0.25, -0.2) is 4.39 Å². The summed E-state index contributed by atoms with van der Waals surface area (Å²) in [6.45, 7) is 0.848. The van der Waals surface area contributed by atoms with E-state index in [0.717, 1.165) is 16.7 Å². The van der Waals surface area contributed by atoms with Gasteiger partial charge in [-0.2, -0.15) is 0 Å². The number of fused-ring (bicyclic) bond motifs is 1. The molecule has 0 amide bonds. The van der Waals surface area contributed by atoms with E-state index in [2.05, 4.69) is 5.32 Å². The molecule has 5 heteroatoms. The third kappa shape index (κ3) is 3.70. The molecule has 1 aromatic heterocycles. The fourth-order valence-corrected chi connectivity index (χ4v) is 2.43. The van der Waals surface area contributed by atoms with Crippen LogP contribution in [0.3, 0.4) is 0 Å². The molecule has 1 unspecified atom stereocenters. The summed E-state index contributed by atoms with van der Waals surface area (Å²) in [6.07, 6.45) is -0.622. The van der Waals surface area contributed by atoms with Crippen molar-refractivity contribution in [2.24, 2.45) is 0 Å². The van der Waals surface area contributed by atoms with Gasteiger partial charge in [0.25, 0.3) is 0 Å². The lowest BCUT2D eigenvalue weighted by Gasteiger charge is -2.12. The van der Waals surface area contributed by atoms with E-state index in [-0.39, 0.29) is 5.82 Å². The van der Waals surface area contributed by atoms with Crippen LogP contribution in [0.1, 0.15) is 17.4 Å². The highest BCUT2D eigenvalue weighted by atomic mass is 19.1. The summed E-state index contributed by atoms with van der Waals surface area (Å²) >= 11 is 0. The van der Waals surface area contributed by atoms with Gasteiger partial charge in [0.1, 0.15) is 22.9 Å². The second-order valence-corrected chi connectivity index (χ2v) is 5.31. The molecule has 0 aliphatic carbocycles. The van der Waals surface area contributed by atoms with Crippen molar-refractivity contribution in [3.05, 3.63) is 65.7 Å². The number of hydrogen-bond acceptors (Lipinski definition) is 4. The van der Waals surface area contributed by atoms with Crippen molar-refractivity contribution in [2.45, 2.75) is 12.6 Å². The second kappa shape index (κ2) is 6.81. The number of aliphatic hydroxyl groups is 1. The zero-order valence-corrected chi connectivity index (χ0v) is 12.8. The molecule has 3 aromatic rings. The number of aliphatic hydroxyl groups excluding tert-OH is 1. The number of benzene rings is 2. The minimum absolute atomic E-state index is 0.285. The SMILES string of the molecule is COc1ccc(C(O)CNCc2cc3cc(F)ccc3o2)cc1. The topological polar surface area (TPSA) is 54.6 Å². The van der Waals surface area contributed by atoms with Gasteiger partial charge in [0.05, 0.1) is 19.8 Å². The highest BCUT2D eigenvalue weighted by Crippen LogP contribution is 2.21. The maximum atomic E-state index is 13.1. The Balaban J connectivity index is 1.56. The number of hydrogen-bond donors (Lipinski definition) is 2. The molecule has 0 spiro atoms. The van der Waals surface area contributed by atoms with Crippen LogP contribution in [0, 0.1) is 5.82 Å². The summed E-state index contributed by atoms with van der Waals surface area (Å²) in [5.74, 6) is 1.17. The molecule has 0 saturated heterocycles. The quantitative estimate of drug-likeness (QED) is 0.732. The van der Waals surface area contributed by atoms with Gasteiger partial charge in [-0.1, -0.05) is 12.1 Å². The Kier molecular flexibility index (Phi) is 4.60. The molecule has 4 nitrogen and oxygen atoms in total. The Labute approximate surface area is 133 Å². The normalized spacial score (nSPS) is 12.5. The molecule has 3 rings (SSSR count). The van der Waals surface area contributed by atoms with Gasteiger partial charge in [-0.3, -0.25) is 0 Å². The molecule has 1 heterocycles. The van der Waals surface area contributed by atoms with Crippen LogP contribution < -0.4 is 10.1 Å². The van der Waals surface area contributed by atoms with Gasteiger partial charge in [0.2, 0.25) is 0 Å². The Hall–Kier alpha value is -2.37. The van der Waals surface area contributed by atoms with Gasteiger partial charge >= 0.3 is 0 Å². The van der Waals surface area contributed by atoms with E-state index >= 15 is 0 Å². The maximum Gasteiger partial charge on any atom is 0.134 e. The van der Waals surface area contributed by atoms with Crippen LogP contribution in [0.4, 0.5) is 4.39 Å². The van der Waals surface area contributed by atoms with Gasteiger partial charge in [0.15, 0.2) is 0 Å². The summed E-state index contributed by atoms with van der Waals surface area (Å²) in [5.41, 5.74) is 1.46. The maximum absolute atomic E-state index is 13.1.